The van der Waals surface area contributed by atoms with E-state index in [1.165, 1.54) is 6.07 Å². The van der Waals surface area contributed by atoms with E-state index in [2.05, 4.69) is 24.9 Å². The number of rotatable bonds is 3. The summed E-state index contributed by atoms with van der Waals surface area (Å²) in [6.07, 6.45) is 4.11. The molecular formula is C22H17N7O3. The van der Waals surface area contributed by atoms with Crippen molar-refractivity contribution in [1.29, 1.82) is 0 Å². The molecule has 0 saturated carbocycles. The maximum absolute atomic E-state index is 12.3. The van der Waals surface area contributed by atoms with Crippen molar-refractivity contribution in [2.75, 3.05) is 0 Å². The summed E-state index contributed by atoms with van der Waals surface area (Å²) in [6.45, 7) is 0. The Bertz CT molecular complexity index is 1530. The molecule has 1 amide bonds. The fraction of sp³-hybridized carbons (Fsp3) is 0.0909. The van der Waals surface area contributed by atoms with Gasteiger partial charge < -0.3 is 10.5 Å². The zero-order chi connectivity index (χ0) is 22.4. The lowest BCUT2D eigenvalue weighted by molar-refractivity contribution is 0.0632. The molecule has 1 aromatic carbocycles. The molecule has 4 aromatic heterocycles. The van der Waals surface area contributed by atoms with Gasteiger partial charge in [-0.2, -0.15) is 10.2 Å². The van der Waals surface area contributed by atoms with Crippen molar-refractivity contribution in [3.63, 3.8) is 0 Å². The second-order valence-corrected chi connectivity index (χ2v) is 7.25. The molecule has 0 aliphatic heterocycles. The summed E-state index contributed by atoms with van der Waals surface area (Å²) in [5, 5.41) is 10.5. The lowest BCUT2D eigenvalue weighted by Crippen LogP contribution is -2.19. The third kappa shape index (κ3) is 3.23. The van der Waals surface area contributed by atoms with E-state index in [9.17, 15) is 9.59 Å². The van der Waals surface area contributed by atoms with E-state index in [1.807, 2.05) is 38.5 Å². The molecule has 0 fully saturated rings. The first-order valence-corrected chi connectivity index (χ1v) is 9.64. The summed E-state index contributed by atoms with van der Waals surface area (Å²) in [5.74, 6) is -0.928. The van der Waals surface area contributed by atoms with Crippen molar-refractivity contribution in [2.24, 2.45) is 19.8 Å². The minimum Gasteiger partial charge on any atom is -0.372 e. The van der Waals surface area contributed by atoms with Crippen LogP contribution >= 0.6 is 0 Å². The third-order valence-corrected chi connectivity index (χ3v) is 5.09. The van der Waals surface area contributed by atoms with Gasteiger partial charge in [-0.05, 0) is 24.3 Å². The number of esters is 1. The number of nitrogens with zero attached hydrogens (tertiary/aromatic N) is 6. The van der Waals surface area contributed by atoms with Crippen LogP contribution in [0.1, 0.15) is 10.5 Å². The van der Waals surface area contributed by atoms with Gasteiger partial charge in [0.2, 0.25) is 0 Å². The van der Waals surface area contributed by atoms with Gasteiger partial charge in [0.05, 0.1) is 22.9 Å². The van der Waals surface area contributed by atoms with Crippen LogP contribution in [0.25, 0.3) is 44.3 Å². The molecule has 10 nitrogen and oxygen atoms in total. The highest BCUT2D eigenvalue weighted by Crippen LogP contribution is 2.33. The van der Waals surface area contributed by atoms with Crippen LogP contribution in [0, 0.1) is 0 Å². The molecule has 4 heterocycles. The van der Waals surface area contributed by atoms with Crippen molar-refractivity contribution in [2.45, 2.75) is 0 Å². The molecule has 0 atom stereocenters. The van der Waals surface area contributed by atoms with Crippen LogP contribution in [0.15, 0.2) is 55.0 Å². The molecule has 2 N–H and O–H groups in total. The quantitative estimate of drug-likeness (QED) is 0.346. The number of nitrogens with two attached hydrogens (primary N) is 1. The van der Waals surface area contributed by atoms with Crippen LogP contribution < -0.4 is 5.73 Å². The predicted octanol–water partition coefficient (Wildman–Crippen LogP) is 2.82. The maximum atomic E-state index is 12.3. The monoisotopic (exact) mass is 427 g/mol. The number of primary amides is 1. The number of ether oxygens (including phenoxy) is 1. The second-order valence-electron chi connectivity index (χ2n) is 7.25. The Kier molecular flexibility index (Phi) is 4.40. The molecule has 0 bridgehead atoms. The smallest absolute Gasteiger partial charge is 0.372 e. The van der Waals surface area contributed by atoms with E-state index < -0.39 is 12.1 Å². The van der Waals surface area contributed by atoms with E-state index in [-0.39, 0.29) is 5.69 Å². The second kappa shape index (κ2) is 7.27. The highest BCUT2D eigenvalue weighted by Gasteiger charge is 2.19. The molecular weight excluding hydrogens is 410 g/mol. The van der Waals surface area contributed by atoms with Gasteiger partial charge in [-0.25, -0.2) is 14.6 Å². The molecule has 0 aliphatic carbocycles. The van der Waals surface area contributed by atoms with Crippen LogP contribution in [0.2, 0.25) is 0 Å². The molecule has 0 spiro atoms. The van der Waals surface area contributed by atoms with E-state index in [4.69, 9.17) is 5.73 Å². The first-order valence-electron chi connectivity index (χ1n) is 9.64. The highest BCUT2D eigenvalue weighted by molar-refractivity contribution is 6.02. The molecule has 5 rings (SSSR count). The third-order valence-electron chi connectivity index (χ3n) is 5.09. The number of hydrogen-bond acceptors (Lipinski definition) is 7. The predicted molar refractivity (Wildman–Crippen MR) is 116 cm³/mol. The molecule has 0 saturated heterocycles. The summed E-state index contributed by atoms with van der Waals surface area (Å²) in [7, 11) is 3.72. The molecule has 0 radical (unpaired) electrons. The van der Waals surface area contributed by atoms with Gasteiger partial charge in [0.1, 0.15) is 11.4 Å². The Balaban J connectivity index is 1.73. The number of pyridine rings is 2. The Morgan fingerprint density at radius 1 is 1.06 bits per heavy atom. The van der Waals surface area contributed by atoms with Crippen molar-refractivity contribution in [3.8, 4) is 22.5 Å². The molecule has 0 unspecified atom stereocenters. The summed E-state index contributed by atoms with van der Waals surface area (Å²) in [4.78, 5) is 32.3. The number of hydrogen-bond donors (Lipinski definition) is 1. The molecule has 10 heteroatoms. The van der Waals surface area contributed by atoms with Crippen LogP contribution in [-0.2, 0) is 18.8 Å². The Hall–Kier alpha value is -4.60. The van der Waals surface area contributed by atoms with Gasteiger partial charge in [-0.3, -0.25) is 14.3 Å². The van der Waals surface area contributed by atoms with Gasteiger partial charge >= 0.3 is 12.1 Å². The number of aromatic nitrogens is 6. The van der Waals surface area contributed by atoms with Crippen molar-refractivity contribution in [3.05, 3.63) is 60.7 Å². The number of amides is 1. The fourth-order valence-corrected chi connectivity index (χ4v) is 3.70. The summed E-state index contributed by atoms with van der Waals surface area (Å²) < 4.78 is 8.04. The number of carbonyl (C=O) groups excluding carboxylic acids is 2. The van der Waals surface area contributed by atoms with Crippen LogP contribution in [-0.4, -0.2) is 41.6 Å². The van der Waals surface area contributed by atoms with Gasteiger partial charge in [-0.1, -0.05) is 12.1 Å². The highest BCUT2D eigenvalue weighted by atomic mass is 16.6. The average molecular weight is 427 g/mol. The lowest BCUT2D eigenvalue weighted by atomic mass is 10.0. The Labute approximate surface area is 181 Å². The fourth-order valence-electron chi connectivity index (χ4n) is 3.70. The zero-order valence-corrected chi connectivity index (χ0v) is 17.2. The van der Waals surface area contributed by atoms with Crippen LogP contribution in [0.3, 0.4) is 0 Å². The summed E-state index contributed by atoms with van der Waals surface area (Å²) in [5.41, 5.74) is 9.34. The average Bonchev–Trinajstić information content (AvgIpc) is 3.35. The topological polar surface area (TPSA) is 131 Å². The standard InChI is InChI=1S/C22H17N7O3/c1-28-11-14(10-25-28)18-15-8-13(5-6-17(15)29(2)27-18)20-19-12(4-3-7-24-19)9-16(26-20)21(30)32-22(23)31/h3-11H,1-2H3,(H2,23,31). The summed E-state index contributed by atoms with van der Waals surface area (Å²) in [6, 6.07) is 10.8. The number of carbonyl (C=O) groups is 2. The number of benzene rings is 1. The van der Waals surface area contributed by atoms with E-state index in [0.29, 0.717) is 16.6 Å². The maximum Gasteiger partial charge on any atom is 0.412 e. The van der Waals surface area contributed by atoms with Crippen molar-refractivity contribution in [1.82, 2.24) is 29.5 Å². The molecule has 5 aromatic rings. The molecule has 158 valence electrons. The molecule has 0 aliphatic rings. The first kappa shape index (κ1) is 19.4. The summed E-state index contributed by atoms with van der Waals surface area (Å²) >= 11 is 0. The lowest BCUT2D eigenvalue weighted by Gasteiger charge is -2.09. The van der Waals surface area contributed by atoms with E-state index in [1.54, 1.807) is 33.9 Å². The Morgan fingerprint density at radius 3 is 2.66 bits per heavy atom. The Morgan fingerprint density at radius 2 is 1.91 bits per heavy atom. The van der Waals surface area contributed by atoms with Crippen LogP contribution in [0.4, 0.5) is 4.79 Å². The van der Waals surface area contributed by atoms with Crippen molar-refractivity contribution < 1.29 is 14.3 Å². The van der Waals surface area contributed by atoms with Gasteiger partial charge in [0, 0.05) is 48.4 Å². The van der Waals surface area contributed by atoms with Gasteiger partial charge in [0.25, 0.3) is 0 Å². The normalized spacial score (nSPS) is 11.2. The van der Waals surface area contributed by atoms with Crippen molar-refractivity contribution >= 4 is 33.9 Å². The SMILES string of the molecule is Cn1cc(-c2nn(C)c3ccc(-c4nc(C(=O)OC(N)=O)cc5cccnc45)cc23)cn1. The largest absolute Gasteiger partial charge is 0.412 e. The van der Waals surface area contributed by atoms with Crippen LogP contribution in [0.5, 0.6) is 0 Å². The van der Waals surface area contributed by atoms with E-state index in [0.717, 1.165) is 27.7 Å². The number of aryl methyl sites for hydroxylation is 2. The minimum absolute atomic E-state index is 0.0435. The molecule has 32 heavy (non-hydrogen) atoms. The van der Waals surface area contributed by atoms with Gasteiger partial charge in [0.15, 0.2) is 0 Å². The first-order chi connectivity index (χ1) is 15.4. The number of fused-ring (bicyclic) bond motifs is 2. The van der Waals surface area contributed by atoms with E-state index >= 15 is 0 Å². The zero-order valence-electron chi connectivity index (χ0n) is 17.2. The van der Waals surface area contributed by atoms with Gasteiger partial charge in [-0.15, -0.1) is 0 Å². The minimum atomic E-state index is -1.19.